The van der Waals surface area contributed by atoms with Crippen molar-refractivity contribution in [1.82, 2.24) is 5.43 Å². The average molecular weight is 337 g/mol. The Labute approximate surface area is 148 Å². The number of rotatable bonds is 7. The quantitative estimate of drug-likeness (QED) is 0.594. The summed E-state index contributed by atoms with van der Waals surface area (Å²) in [7, 11) is 0. The third-order valence-corrected chi connectivity index (χ3v) is 3.61. The zero-order valence-corrected chi connectivity index (χ0v) is 14.6. The molecular weight excluding hydrogens is 314 g/mol. The molecule has 5 nitrogen and oxygen atoms in total. The summed E-state index contributed by atoms with van der Waals surface area (Å²) >= 11 is 0. The molecule has 0 saturated heterocycles. The molecule has 2 aromatic carbocycles. The number of anilines is 1. The molecule has 2 amide bonds. The fourth-order valence-corrected chi connectivity index (χ4v) is 2.25. The molecule has 0 spiro atoms. The SMILES string of the molecule is CCCCC(=O)Nc1ccc(C(=O)NN=Cc2cccc(C)c2)cc1. The van der Waals surface area contributed by atoms with Gasteiger partial charge in [0.05, 0.1) is 6.21 Å². The van der Waals surface area contributed by atoms with Gasteiger partial charge in [-0.05, 0) is 43.2 Å². The largest absolute Gasteiger partial charge is 0.326 e. The van der Waals surface area contributed by atoms with Gasteiger partial charge >= 0.3 is 0 Å². The molecular formula is C20H23N3O2. The number of carbonyl (C=O) groups is 2. The summed E-state index contributed by atoms with van der Waals surface area (Å²) < 4.78 is 0. The molecule has 0 radical (unpaired) electrons. The van der Waals surface area contributed by atoms with Crippen LogP contribution < -0.4 is 10.7 Å². The Morgan fingerprint density at radius 1 is 1.12 bits per heavy atom. The number of nitrogens with one attached hydrogen (secondary N) is 2. The lowest BCUT2D eigenvalue weighted by Crippen LogP contribution is -2.17. The third kappa shape index (κ3) is 6.22. The number of nitrogens with zero attached hydrogens (tertiary/aromatic N) is 1. The molecule has 0 fully saturated rings. The van der Waals surface area contributed by atoms with E-state index >= 15 is 0 Å². The molecule has 0 atom stereocenters. The lowest BCUT2D eigenvalue weighted by molar-refractivity contribution is -0.116. The van der Waals surface area contributed by atoms with Crippen molar-refractivity contribution < 1.29 is 9.59 Å². The van der Waals surface area contributed by atoms with E-state index in [1.807, 2.05) is 38.1 Å². The predicted octanol–water partition coefficient (Wildman–Crippen LogP) is 3.89. The Bertz CT molecular complexity index is 752. The van der Waals surface area contributed by atoms with Gasteiger partial charge in [-0.1, -0.05) is 43.2 Å². The molecule has 0 unspecified atom stereocenters. The highest BCUT2D eigenvalue weighted by Gasteiger charge is 2.05. The van der Waals surface area contributed by atoms with Gasteiger partial charge in [-0.3, -0.25) is 9.59 Å². The van der Waals surface area contributed by atoms with Gasteiger partial charge in [0.15, 0.2) is 0 Å². The number of hydrogen-bond donors (Lipinski definition) is 2. The fourth-order valence-electron chi connectivity index (χ4n) is 2.25. The Morgan fingerprint density at radius 3 is 2.56 bits per heavy atom. The highest BCUT2D eigenvalue weighted by Crippen LogP contribution is 2.10. The first kappa shape index (κ1) is 18.4. The predicted molar refractivity (Wildman–Crippen MR) is 101 cm³/mol. The van der Waals surface area contributed by atoms with Crippen LogP contribution in [0.1, 0.15) is 47.7 Å². The van der Waals surface area contributed by atoms with Crippen molar-refractivity contribution in [2.24, 2.45) is 5.10 Å². The average Bonchev–Trinajstić information content (AvgIpc) is 2.60. The van der Waals surface area contributed by atoms with Gasteiger partial charge in [0.1, 0.15) is 0 Å². The molecule has 0 aliphatic carbocycles. The summed E-state index contributed by atoms with van der Waals surface area (Å²) in [4.78, 5) is 23.7. The Hall–Kier alpha value is -2.95. The van der Waals surface area contributed by atoms with Crippen LogP contribution in [0.15, 0.2) is 53.6 Å². The van der Waals surface area contributed by atoms with Crippen LogP contribution in [0.5, 0.6) is 0 Å². The third-order valence-electron chi connectivity index (χ3n) is 3.61. The smallest absolute Gasteiger partial charge is 0.271 e. The molecule has 0 aliphatic heterocycles. The van der Waals surface area contributed by atoms with E-state index in [1.54, 1.807) is 30.5 Å². The summed E-state index contributed by atoms with van der Waals surface area (Å²) in [5.74, 6) is -0.311. The van der Waals surface area contributed by atoms with Gasteiger partial charge in [0.25, 0.3) is 5.91 Å². The van der Waals surface area contributed by atoms with Gasteiger partial charge in [-0.25, -0.2) is 5.43 Å². The Balaban J connectivity index is 1.88. The Kier molecular flexibility index (Phi) is 6.89. The first-order valence-corrected chi connectivity index (χ1v) is 8.38. The summed E-state index contributed by atoms with van der Waals surface area (Å²) in [6.07, 6.45) is 3.96. The van der Waals surface area contributed by atoms with Gasteiger partial charge in [0, 0.05) is 17.7 Å². The van der Waals surface area contributed by atoms with E-state index < -0.39 is 0 Å². The summed E-state index contributed by atoms with van der Waals surface area (Å²) in [5, 5.41) is 6.78. The number of aryl methyl sites for hydroxylation is 1. The lowest BCUT2D eigenvalue weighted by atomic mass is 10.2. The Morgan fingerprint density at radius 2 is 1.88 bits per heavy atom. The van der Waals surface area contributed by atoms with Crippen LogP contribution in [0, 0.1) is 6.92 Å². The second-order valence-corrected chi connectivity index (χ2v) is 5.84. The molecule has 130 valence electrons. The first-order valence-electron chi connectivity index (χ1n) is 8.38. The van der Waals surface area contributed by atoms with Crippen molar-refractivity contribution in [2.75, 3.05) is 5.32 Å². The van der Waals surface area contributed by atoms with Crippen LogP contribution in [-0.2, 0) is 4.79 Å². The monoisotopic (exact) mass is 337 g/mol. The van der Waals surface area contributed by atoms with Crippen LogP contribution >= 0.6 is 0 Å². The highest BCUT2D eigenvalue weighted by molar-refractivity contribution is 5.96. The molecule has 0 heterocycles. The minimum Gasteiger partial charge on any atom is -0.326 e. The molecule has 25 heavy (non-hydrogen) atoms. The van der Waals surface area contributed by atoms with Gasteiger partial charge in [0.2, 0.25) is 5.91 Å². The van der Waals surface area contributed by atoms with E-state index in [4.69, 9.17) is 0 Å². The van der Waals surface area contributed by atoms with Crippen molar-refractivity contribution in [1.29, 1.82) is 0 Å². The van der Waals surface area contributed by atoms with Crippen molar-refractivity contribution in [3.05, 3.63) is 65.2 Å². The summed E-state index contributed by atoms with van der Waals surface area (Å²) in [5.41, 5.74) is 5.71. The standard InChI is InChI=1S/C20H23N3O2/c1-3-4-8-19(24)22-18-11-9-17(10-12-18)20(25)23-21-14-16-7-5-6-15(2)13-16/h5-7,9-14H,3-4,8H2,1-2H3,(H,22,24)(H,23,25). The first-order chi connectivity index (χ1) is 12.1. The molecule has 0 aliphatic rings. The van der Waals surface area contributed by atoms with Crippen molar-refractivity contribution >= 4 is 23.7 Å². The highest BCUT2D eigenvalue weighted by atomic mass is 16.2. The maximum Gasteiger partial charge on any atom is 0.271 e. The molecule has 0 saturated carbocycles. The maximum atomic E-state index is 12.1. The van der Waals surface area contributed by atoms with Crippen LogP contribution in [0.2, 0.25) is 0 Å². The van der Waals surface area contributed by atoms with Gasteiger partial charge in [-0.15, -0.1) is 0 Å². The van der Waals surface area contributed by atoms with E-state index in [9.17, 15) is 9.59 Å². The summed E-state index contributed by atoms with van der Waals surface area (Å²) in [6, 6.07) is 14.6. The second-order valence-electron chi connectivity index (χ2n) is 5.84. The molecule has 2 rings (SSSR count). The van der Waals surface area contributed by atoms with Gasteiger partial charge < -0.3 is 5.32 Å². The fraction of sp³-hybridized carbons (Fsp3) is 0.250. The molecule has 2 aromatic rings. The van der Waals surface area contributed by atoms with Gasteiger partial charge in [-0.2, -0.15) is 5.10 Å². The van der Waals surface area contributed by atoms with E-state index in [-0.39, 0.29) is 11.8 Å². The zero-order valence-electron chi connectivity index (χ0n) is 14.6. The lowest BCUT2D eigenvalue weighted by Gasteiger charge is -2.06. The van der Waals surface area contributed by atoms with Crippen LogP contribution in [-0.4, -0.2) is 18.0 Å². The number of hydrazone groups is 1. The van der Waals surface area contributed by atoms with E-state index in [0.29, 0.717) is 17.7 Å². The number of benzene rings is 2. The minimum absolute atomic E-state index is 0.0122. The van der Waals surface area contributed by atoms with Crippen LogP contribution in [0.3, 0.4) is 0 Å². The molecule has 2 N–H and O–H groups in total. The van der Waals surface area contributed by atoms with Crippen LogP contribution in [0.25, 0.3) is 0 Å². The number of carbonyl (C=O) groups excluding carboxylic acids is 2. The zero-order chi connectivity index (χ0) is 18.1. The van der Waals surface area contributed by atoms with Crippen molar-refractivity contribution in [3.8, 4) is 0 Å². The van der Waals surface area contributed by atoms with Crippen LogP contribution in [0.4, 0.5) is 5.69 Å². The molecule has 0 bridgehead atoms. The topological polar surface area (TPSA) is 70.6 Å². The van der Waals surface area contributed by atoms with E-state index in [1.165, 1.54) is 0 Å². The van der Waals surface area contributed by atoms with Crippen molar-refractivity contribution in [2.45, 2.75) is 33.1 Å². The van der Waals surface area contributed by atoms with E-state index in [2.05, 4.69) is 15.8 Å². The van der Waals surface area contributed by atoms with E-state index in [0.717, 1.165) is 24.0 Å². The molecule has 5 heteroatoms. The molecule has 0 aromatic heterocycles. The number of amides is 2. The number of hydrogen-bond acceptors (Lipinski definition) is 3. The normalized spacial score (nSPS) is 10.6. The second kappa shape index (κ2) is 9.37. The minimum atomic E-state index is -0.298. The van der Waals surface area contributed by atoms with Crippen molar-refractivity contribution in [3.63, 3.8) is 0 Å². The maximum absolute atomic E-state index is 12.1. The number of unbranched alkanes of at least 4 members (excludes halogenated alkanes) is 1. The summed E-state index contributed by atoms with van der Waals surface area (Å²) in [6.45, 7) is 4.04.